The monoisotopic (exact) mass is 362 g/mol. The summed E-state index contributed by atoms with van der Waals surface area (Å²) in [6, 6.07) is 15.8. The van der Waals surface area contributed by atoms with E-state index in [1.54, 1.807) is 6.20 Å². The molecule has 7 heteroatoms. The summed E-state index contributed by atoms with van der Waals surface area (Å²) in [5.74, 6) is 0.571. The first kappa shape index (κ1) is 16.2. The number of hydrogen-bond acceptors (Lipinski definition) is 5. The zero-order valence-corrected chi connectivity index (χ0v) is 14.4. The van der Waals surface area contributed by atoms with Crippen molar-refractivity contribution in [3.8, 4) is 22.5 Å². The van der Waals surface area contributed by atoms with E-state index in [1.165, 1.54) is 6.33 Å². The van der Waals surface area contributed by atoms with Crippen LogP contribution in [0.4, 0.5) is 0 Å². The lowest BCUT2D eigenvalue weighted by atomic mass is 9.97. The summed E-state index contributed by atoms with van der Waals surface area (Å²) in [5, 5.41) is 0. The SMILES string of the molecule is O=c1[nH]c(-c2ccccc2-c2ccc(Cc3cnc[nH]c3=O)cc2)ns1. The van der Waals surface area contributed by atoms with E-state index in [9.17, 15) is 9.59 Å². The second-order valence-electron chi connectivity index (χ2n) is 5.77. The topological polar surface area (TPSA) is 91.5 Å². The molecule has 4 rings (SSSR count). The molecule has 0 saturated carbocycles. The number of H-pyrrole nitrogens is 2. The van der Waals surface area contributed by atoms with Gasteiger partial charge >= 0.3 is 4.87 Å². The molecule has 26 heavy (non-hydrogen) atoms. The van der Waals surface area contributed by atoms with Gasteiger partial charge in [0.05, 0.1) is 6.33 Å². The fourth-order valence-electron chi connectivity index (χ4n) is 2.81. The summed E-state index contributed by atoms with van der Waals surface area (Å²) in [6.07, 6.45) is 3.49. The van der Waals surface area contributed by atoms with Gasteiger partial charge in [-0.15, -0.1) is 0 Å². The van der Waals surface area contributed by atoms with Gasteiger partial charge in [0.25, 0.3) is 5.56 Å². The third-order valence-corrected chi connectivity index (χ3v) is 4.62. The van der Waals surface area contributed by atoms with Crippen molar-refractivity contribution < 1.29 is 0 Å². The predicted octanol–water partition coefficient (Wildman–Crippen LogP) is 2.84. The lowest BCUT2D eigenvalue weighted by molar-refractivity contribution is 1.03. The van der Waals surface area contributed by atoms with Gasteiger partial charge in [0.2, 0.25) is 0 Å². The fourth-order valence-corrected chi connectivity index (χ4v) is 3.27. The molecule has 128 valence electrons. The zero-order valence-electron chi connectivity index (χ0n) is 13.6. The van der Waals surface area contributed by atoms with E-state index in [1.807, 2.05) is 48.5 Å². The van der Waals surface area contributed by atoms with Crippen LogP contribution in [0.2, 0.25) is 0 Å². The Kier molecular flexibility index (Phi) is 4.28. The van der Waals surface area contributed by atoms with Crippen LogP contribution in [0.25, 0.3) is 22.5 Å². The molecule has 2 heterocycles. The standard InChI is InChI=1S/C19H14N4O2S/c24-18-14(10-20-11-21-18)9-12-5-7-13(8-6-12)15-3-1-2-4-16(15)17-22-19(25)26-23-17/h1-8,10-11H,9H2,(H,20,21,24)(H,22,23,25). The molecule has 2 aromatic carbocycles. The molecule has 0 fully saturated rings. The Morgan fingerprint density at radius 3 is 2.42 bits per heavy atom. The molecule has 0 aliphatic carbocycles. The van der Waals surface area contributed by atoms with Crippen LogP contribution >= 0.6 is 11.5 Å². The van der Waals surface area contributed by atoms with Gasteiger partial charge in [-0.2, -0.15) is 4.37 Å². The van der Waals surface area contributed by atoms with E-state index in [0.717, 1.165) is 33.8 Å². The Morgan fingerprint density at radius 1 is 0.962 bits per heavy atom. The highest BCUT2D eigenvalue weighted by molar-refractivity contribution is 7.03. The van der Waals surface area contributed by atoms with Crippen molar-refractivity contribution in [3.63, 3.8) is 0 Å². The second-order valence-corrected chi connectivity index (χ2v) is 6.50. The van der Waals surface area contributed by atoms with Crippen molar-refractivity contribution in [1.29, 1.82) is 0 Å². The molecule has 2 N–H and O–H groups in total. The Labute approximate surface area is 152 Å². The van der Waals surface area contributed by atoms with Crippen LogP contribution in [-0.2, 0) is 6.42 Å². The van der Waals surface area contributed by atoms with Gasteiger partial charge in [0.15, 0.2) is 5.82 Å². The highest BCUT2D eigenvalue weighted by Crippen LogP contribution is 2.30. The molecule has 0 atom stereocenters. The number of nitrogens with one attached hydrogen (secondary N) is 2. The molecule has 6 nitrogen and oxygen atoms in total. The van der Waals surface area contributed by atoms with Gasteiger partial charge in [-0.3, -0.25) is 14.6 Å². The van der Waals surface area contributed by atoms with Crippen molar-refractivity contribution in [3.05, 3.63) is 92.2 Å². The van der Waals surface area contributed by atoms with Crippen molar-refractivity contribution in [1.82, 2.24) is 19.3 Å². The van der Waals surface area contributed by atoms with Gasteiger partial charge in [0.1, 0.15) is 0 Å². The third-order valence-electron chi connectivity index (χ3n) is 4.07. The van der Waals surface area contributed by atoms with Crippen LogP contribution in [0.5, 0.6) is 0 Å². The molecule has 0 amide bonds. The quantitative estimate of drug-likeness (QED) is 0.584. The van der Waals surface area contributed by atoms with Gasteiger partial charge < -0.3 is 4.98 Å². The summed E-state index contributed by atoms with van der Waals surface area (Å²) in [4.78, 5) is 32.3. The second kappa shape index (κ2) is 6.89. The van der Waals surface area contributed by atoms with Gasteiger partial charge in [-0.1, -0.05) is 48.5 Å². The van der Waals surface area contributed by atoms with Crippen LogP contribution in [0, 0.1) is 0 Å². The summed E-state index contributed by atoms with van der Waals surface area (Å²) >= 11 is 0.909. The largest absolute Gasteiger partial charge is 0.323 e. The number of rotatable bonds is 4. The van der Waals surface area contributed by atoms with Crippen molar-refractivity contribution in [2.45, 2.75) is 6.42 Å². The first-order valence-corrected chi connectivity index (χ1v) is 8.74. The van der Waals surface area contributed by atoms with Crippen LogP contribution in [-0.4, -0.2) is 19.3 Å². The number of nitrogens with zero attached hydrogens (tertiary/aromatic N) is 2. The van der Waals surface area contributed by atoms with Gasteiger partial charge in [-0.05, 0) is 16.7 Å². The first-order chi connectivity index (χ1) is 12.7. The van der Waals surface area contributed by atoms with E-state index in [0.29, 0.717) is 17.8 Å². The highest BCUT2D eigenvalue weighted by atomic mass is 32.1. The molecule has 0 radical (unpaired) electrons. The van der Waals surface area contributed by atoms with E-state index < -0.39 is 0 Å². The molecule has 0 unspecified atom stereocenters. The maximum absolute atomic E-state index is 11.8. The highest BCUT2D eigenvalue weighted by Gasteiger charge is 2.10. The van der Waals surface area contributed by atoms with Crippen LogP contribution in [0.1, 0.15) is 11.1 Å². The maximum Gasteiger partial charge on any atom is 0.323 e. The van der Waals surface area contributed by atoms with Crippen molar-refractivity contribution in [2.75, 3.05) is 0 Å². The van der Waals surface area contributed by atoms with E-state index in [2.05, 4.69) is 19.3 Å². The van der Waals surface area contributed by atoms with Crippen LogP contribution in [0.15, 0.2) is 70.6 Å². The number of hydrogen-bond donors (Lipinski definition) is 2. The average molecular weight is 362 g/mol. The molecule has 0 bridgehead atoms. The van der Waals surface area contributed by atoms with Crippen LogP contribution < -0.4 is 10.4 Å². The van der Waals surface area contributed by atoms with E-state index in [-0.39, 0.29) is 10.4 Å². The summed E-state index contributed by atoms with van der Waals surface area (Å²) in [5.41, 5.74) is 4.40. The minimum atomic E-state index is -0.174. The molecule has 0 aliphatic rings. The summed E-state index contributed by atoms with van der Waals surface area (Å²) < 4.78 is 4.18. The smallest absolute Gasteiger partial charge is 0.313 e. The summed E-state index contributed by atoms with van der Waals surface area (Å²) in [7, 11) is 0. The number of benzene rings is 2. The Balaban J connectivity index is 1.67. The molecule has 0 aliphatic heterocycles. The Hall–Kier alpha value is -3.32. The number of aromatic amines is 2. The first-order valence-electron chi connectivity index (χ1n) is 7.97. The fraction of sp³-hybridized carbons (Fsp3) is 0.0526. The number of aromatic nitrogens is 4. The van der Waals surface area contributed by atoms with Crippen molar-refractivity contribution >= 4 is 11.5 Å². The lowest BCUT2D eigenvalue weighted by Crippen LogP contribution is -2.12. The van der Waals surface area contributed by atoms with Crippen molar-refractivity contribution in [2.24, 2.45) is 0 Å². The minimum Gasteiger partial charge on any atom is -0.313 e. The molecule has 0 spiro atoms. The van der Waals surface area contributed by atoms with Gasteiger partial charge in [0, 0.05) is 35.3 Å². The molecular weight excluding hydrogens is 348 g/mol. The Morgan fingerprint density at radius 2 is 1.73 bits per heavy atom. The van der Waals surface area contributed by atoms with Gasteiger partial charge in [-0.25, -0.2) is 4.98 Å². The molecule has 4 aromatic rings. The summed E-state index contributed by atoms with van der Waals surface area (Å²) in [6.45, 7) is 0. The minimum absolute atomic E-state index is 0.123. The maximum atomic E-state index is 11.8. The molecule has 0 saturated heterocycles. The zero-order chi connectivity index (χ0) is 17.9. The van der Waals surface area contributed by atoms with E-state index >= 15 is 0 Å². The Bertz CT molecular complexity index is 1160. The van der Waals surface area contributed by atoms with E-state index in [4.69, 9.17) is 0 Å². The van der Waals surface area contributed by atoms with Crippen LogP contribution in [0.3, 0.4) is 0 Å². The molecular formula is C19H14N4O2S. The average Bonchev–Trinajstić information content (AvgIpc) is 3.11. The lowest BCUT2D eigenvalue weighted by Gasteiger charge is -2.08. The molecule has 2 aromatic heterocycles. The third kappa shape index (κ3) is 3.25. The predicted molar refractivity (Wildman–Crippen MR) is 101 cm³/mol. The normalized spacial score (nSPS) is 10.8.